The number of halogens is 2. The molecule has 0 spiro atoms. The maximum atomic E-state index is 13.0. The number of para-hydroxylation sites is 1. The number of fused-ring (bicyclic) bond motifs is 1. The standard InChI is InChI=1S/C24H24Br2N2O3/c1-28(18-8-3-2-4-9-18)14-16-11-17(25)13-20(26)22(16)27-23(29)19-12-15-7-5-6-10-21(15)31-24(19)30/h5-7,10-13,18H,2-4,8-9,14H2,1H3,(H,27,29)/p+1. The summed E-state index contributed by atoms with van der Waals surface area (Å²) >= 11 is 7.15. The number of rotatable bonds is 5. The molecule has 4 rings (SSSR count). The van der Waals surface area contributed by atoms with Crippen molar-refractivity contribution in [2.45, 2.75) is 44.7 Å². The van der Waals surface area contributed by atoms with Crippen molar-refractivity contribution in [3.05, 3.63) is 73.0 Å². The minimum atomic E-state index is -0.643. The second kappa shape index (κ2) is 9.67. The van der Waals surface area contributed by atoms with Crippen LogP contribution >= 0.6 is 31.9 Å². The van der Waals surface area contributed by atoms with Crippen molar-refractivity contribution in [3.63, 3.8) is 0 Å². The number of quaternary nitrogens is 1. The molecule has 5 nitrogen and oxygen atoms in total. The topological polar surface area (TPSA) is 63.8 Å². The van der Waals surface area contributed by atoms with Crippen LogP contribution in [0.25, 0.3) is 11.0 Å². The van der Waals surface area contributed by atoms with Crippen molar-refractivity contribution in [3.8, 4) is 0 Å². The van der Waals surface area contributed by atoms with Gasteiger partial charge in [-0.3, -0.25) is 4.79 Å². The van der Waals surface area contributed by atoms with Crippen LogP contribution in [0.1, 0.15) is 48.0 Å². The van der Waals surface area contributed by atoms with Crippen LogP contribution in [-0.4, -0.2) is 19.0 Å². The fourth-order valence-corrected chi connectivity index (χ4v) is 5.76. The van der Waals surface area contributed by atoms with Crippen LogP contribution in [0.5, 0.6) is 0 Å². The van der Waals surface area contributed by atoms with Crippen LogP contribution < -0.4 is 15.8 Å². The van der Waals surface area contributed by atoms with Gasteiger partial charge in [-0.1, -0.05) is 40.5 Å². The molecule has 1 unspecified atom stereocenters. The number of benzene rings is 2. The van der Waals surface area contributed by atoms with Gasteiger partial charge in [-0.2, -0.15) is 0 Å². The van der Waals surface area contributed by atoms with Gasteiger partial charge in [-0.05, 0) is 65.9 Å². The van der Waals surface area contributed by atoms with Gasteiger partial charge in [0, 0.05) is 19.9 Å². The third kappa shape index (κ3) is 5.10. The zero-order valence-electron chi connectivity index (χ0n) is 17.3. The first-order chi connectivity index (χ1) is 14.9. The molecule has 1 heterocycles. The van der Waals surface area contributed by atoms with Crippen LogP contribution in [0, 0.1) is 0 Å². The Labute approximate surface area is 198 Å². The van der Waals surface area contributed by atoms with Crippen molar-refractivity contribution < 1.29 is 14.1 Å². The van der Waals surface area contributed by atoms with E-state index in [1.807, 2.05) is 24.3 Å². The van der Waals surface area contributed by atoms with Crippen molar-refractivity contribution in [2.24, 2.45) is 0 Å². The lowest BCUT2D eigenvalue weighted by Crippen LogP contribution is -3.11. The summed E-state index contributed by atoms with van der Waals surface area (Å²) in [6.07, 6.45) is 6.36. The molecule has 1 fully saturated rings. The Bertz CT molecular complexity index is 1170. The van der Waals surface area contributed by atoms with Gasteiger partial charge in [0.25, 0.3) is 5.91 Å². The molecule has 1 atom stereocenters. The maximum absolute atomic E-state index is 13.0. The molecule has 0 bridgehead atoms. The monoisotopic (exact) mass is 547 g/mol. The predicted molar refractivity (Wildman–Crippen MR) is 130 cm³/mol. The Balaban J connectivity index is 1.62. The zero-order valence-corrected chi connectivity index (χ0v) is 20.5. The number of nitrogens with one attached hydrogen (secondary N) is 2. The van der Waals surface area contributed by atoms with E-state index in [-0.39, 0.29) is 5.56 Å². The van der Waals surface area contributed by atoms with Crippen LogP contribution in [0.2, 0.25) is 0 Å². The summed E-state index contributed by atoms with van der Waals surface area (Å²) in [5, 5.41) is 3.67. The number of anilines is 1. The molecule has 1 amide bonds. The van der Waals surface area contributed by atoms with Gasteiger partial charge in [0.2, 0.25) is 0 Å². The first-order valence-corrected chi connectivity index (χ1v) is 12.2. The lowest BCUT2D eigenvalue weighted by Gasteiger charge is -2.29. The maximum Gasteiger partial charge on any atom is 0.349 e. The largest absolute Gasteiger partial charge is 0.422 e. The van der Waals surface area contributed by atoms with E-state index in [4.69, 9.17) is 4.42 Å². The van der Waals surface area contributed by atoms with Crippen molar-refractivity contribution in [1.82, 2.24) is 0 Å². The molecular weight excluding hydrogens is 524 g/mol. The summed E-state index contributed by atoms with van der Waals surface area (Å²) in [5.41, 5.74) is 1.52. The minimum absolute atomic E-state index is 0.00699. The van der Waals surface area contributed by atoms with E-state index >= 15 is 0 Å². The first-order valence-electron chi connectivity index (χ1n) is 10.6. The predicted octanol–water partition coefficient (Wildman–Crippen LogP) is 4.92. The molecule has 31 heavy (non-hydrogen) atoms. The van der Waals surface area contributed by atoms with Gasteiger partial charge in [0.15, 0.2) is 0 Å². The second-order valence-electron chi connectivity index (χ2n) is 8.22. The van der Waals surface area contributed by atoms with Crippen LogP contribution in [-0.2, 0) is 6.54 Å². The summed E-state index contributed by atoms with van der Waals surface area (Å²) < 4.78 is 7.04. The third-order valence-corrected chi connectivity index (χ3v) is 7.12. The van der Waals surface area contributed by atoms with Crippen molar-refractivity contribution in [1.29, 1.82) is 0 Å². The Morgan fingerprint density at radius 3 is 2.65 bits per heavy atom. The highest BCUT2D eigenvalue weighted by molar-refractivity contribution is 9.11. The van der Waals surface area contributed by atoms with Crippen LogP contribution in [0.3, 0.4) is 0 Å². The van der Waals surface area contributed by atoms with E-state index in [9.17, 15) is 9.59 Å². The highest BCUT2D eigenvalue weighted by atomic mass is 79.9. The van der Waals surface area contributed by atoms with Gasteiger partial charge in [0.1, 0.15) is 17.7 Å². The quantitative estimate of drug-likeness (QED) is 0.445. The summed E-state index contributed by atoms with van der Waals surface area (Å²) in [6.45, 7) is 0.782. The molecule has 162 valence electrons. The van der Waals surface area contributed by atoms with E-state index in [1.165, 1.54) is 37.0 Å². The minimum Gasteiger partial charge on any atom is -0.422 e. The average Bonchev–Trinajstić information content (AvgIpc) is 2.76. The van der Waals surface area contributed by atoms with E-state index < -0.39 is 11.5 Å². The molecule has 0 radical (unpaired) electrons. The molecule has 3 aromatic rings. The van der Waals surface area contributed by atoms with Gasteiger partial charge >= 0.3 is 5.63 Å². The zero-order chi connectivity index (χ0) is 22.0. The molecule has 0 saturated heterocycles. The number of carbonyl (C=O) groups is 1. The van der Waals surface area contributed by atoms with Gasteiger partial charge in [-0.15, -0.1) is 0 Å². The van der Waals surface area contributed by atoms with Crippen LogP contribution in [0.4, 0.5) is 5.69 Å². The summed E-state index contributed by atoms with van der Waals surface area (Å²) in [7, 11) is 2.22. The number of amides is 1. The molecule has 1 aliphatic carbocycles. The summed E-state index contributed by atoms with van der Waals surface area (Å²) in [6, 6.07) is 13.3. The van der Waals surface area contributed by atoms with E-state index in [2.05, 4.69) is 44.2 Å². The lowest BCUT2D eigenvalue weighted by atomic mass is 9.94. The normalized spacial score (nSPS) is 15.7. The molecule has 1 saturated carbocycles. The van der Waals surface area contributed by atoms with Crippen LogP contribution in [0.15, 0.2) is 60.6 Å². The van der Waals surface area contributed by atoms with E-state index in [0.29, 0.717) is 22.7 Å². The summed E-state index contributed by atoms with van der Waals surface area (Å²) in [4.78, 5) is 26.9. The smallest absolute Gasteiger partial charge is 0.349 e. The fraction of sp³-hybridized carbons (Fsp3) is 0.333. The number of hydrogen-bond acceptors (Lipinski definition) is 3. The van der Waals surface area contributed by atoms with Crippen molar-refractivity contribution in [2.75, 3.05) is 12.4 Å². The Hall–Kier alpha value is -1.96. The average molecular weight is 549 g/mol. The number of hydrogen-bond donors (Lipinski definition) is 2. The SMILES string of the molecule is C[NH+](Cc1cc(Br)cc(Br)c1NC(=O)c1cc2ccccc2oc1=O)C1CCCCC1. The Kier molecular flexibility index (Phi) is 6.94. The second-order valence-corrected chi connectivity index (χ2v) is 9.99. The lowest BCUT2D eigenvalue weighted by molar-refractivity contribution is -0.921. The van der Waals surface area contributed by atoms with Gasteiger partial charge in [-0.25, -0.2) is 4.79 Å². The molecule has 0 aliphatic heterocycles. The van der Waals surface area contributed by atoms with Crippen molar-refractivity contribution >= 4 is 54.4 Å². The Morgan fingerprint density at radius 1 is 1.13 bits per heavy atom. The molecule has 1 aromatic heterocycles. The molecule has 2 N–H and O–H groups in total. The molecule has 2 aromatic carbocycles. The fourth-order valence-electron chi connectivity index (χ4n) is 4.35. The molecular formula is C24H25Br2N2O3+. The van der Waals surface area contributed by atoms with Gasteiger partial charge < -0.3 is 14.6 Å². The third-order valence-electron chi connectivity index (χ3n) is 6.03. The molecule has 1 aliphatic rings. The van der Waals surface area contributed by atoms with Gasteiger partial charge in [0.05, 0.1) is 18.8 Å². The Morgan fingerprint density at radius 2 is 1.87 bits per heavy atom. The number of carbonyl (C=O) groups excluding carboxylic acids is 1. The first kappa shape index (κ1) is 22.2. The van der Waals surface area contributed by atoms with E-state index in [1.54, 1.807) is 18.2 Å². The highest BCUT2D eigenvalue weighted by Crippen LogP contribution is 2.31. The van der Waals surface area contributed by atoms with E-state index in [0.717, 1.165) is 21.1 Å². The summed E-state index contributed by atoms with van der Waals surface area (Å²) in [5.74, 6) is -0.473. The molecule has 7 heteroatoms. The highest BCUT2D eigenvalue weighted by Gasteiger charge is 2.24.